The van der Waals surface area contributed by atoms with E-state index in [0.717, 1.165) is 0 Å². The summed E-state index contributed by atoms with van der Waals surface area (Å²) < 4.78 is 3.94. The second-order valence-corrected chi connectivity index (χ2v) is 1.04. The van der Waals surface area contributed by atoms with Crippen LogP contribution in [0.4, 0.5) is 4.79 Å². The lowest BCUT2D eigenvalue weighted by atomic mass is 10.8. The quantitative estimate of drug-likeness (QED) is 0.499. The van der Waals surface area contributed by atoms with Crippen LogP contribution >= 0.6 is 12.4 Å². The number of hydrogen-bond acceptors (Lipinski definition) is 3. The first-order valence-electron chi connectivity index (χ1n) is 1.77. The molecule has 1 amide bonds. The highest BCUT2D eigenvalue weighted by Gasteiger charge is 1.96. The maximum atomic E-state index is 9.65. The third-order valence-corrected chi connectivity index (χ3v) is 0.287. The monoisotopic (exact) mass is 141 g/mol. The number of ether oxygens (including phenoxy) is 1. The van der Waals surface area contributed by atoms with Crippen molar-refractivity contribution in [2.45, 2.75) is 13.2 Å². The Bertz CT molecular complexity index is 74.9. The summed E-state index contributed by atoms with van der Waals surface area (Å²) in [5.74, 6) is 0. The number of nitrogens with two attached hydrogens (primary N) is 1. The molecule has 0 aromatic carbocycles. The largest absolute Gasteiger partial charge is 0.420 e. The van der Waals surface area contributed by atoms with Gasteiger partial charge in [-0.15, -0.1) is 12.4 Å². The molecule has 8 heavy (non-hydrogen) atoms. The van der Waals surface area contributed by atoms with E-state index in [4.69, 9.17) is 5.11 Å². The third-order valence-electron chi connectivity index (χ3n) is 0.287. The van der Waals surface area contributed by atoms with Crippen molar-refractivity contribution in [3.8, 4) is 0 Å². The molecule has 0 saturated carbocycles. The molecule has 3 N–H and O–H groups in total. The van der Waals surface area contributed by atoms with Crippen molar-refractivity contribution < 1.29 is 14.6 Å². The van der Waals surface area contributed by atoms with Gasteiger partial charge in [0, 0.05) is 0 Å². The molecule has 0 saturated heterocycles. The van der Waals surface area contributed by atoms with Crippen LogP contribution in [0.25, 0.3) is 0 Å². The van der Waals surface area contributed by atoms with E-state index in [1.165, 1.54) is 6.92 Å². The van der Waals surface area contributed by atoms with E-state index < -0.39 is 12.4 Å². The Balaban J connectivity index is 0. The smallest absolute Gasteiger partial charge is 0.406 e. The minimum Gasteiger partial charge on any atom is -0.420 e. The Hall–Kier alpha value is -0.480. The van der Waals surface area contributed by atoms with Crippen LogP contribution in [0.5, 0.6) is 0 Å². The van der Waals surface area contributed by atoms with Crippen LogP contribution in [-0.2, 0) is 4.74 Å². The number of aliphatic hydroxyl groups excluding tert-OH is 1. The van der Waals surface area contributed by atoms with Crippen molar-refractivity contribution in [1.82, 2.24) is 0 Å². The van der Waals surface area contributed by atoms with Crippen molar-refractivity contribution in [3.63, 3.8) is 0 Å². The van der Waals surface area contributed by atoms with Gasteiger partial charge >= 0.3 is 6.09 Å². The molecule has 0 radical (unpaired) electrons. The molecule has 0 heterocycles. The lowest BCUT2D eigenvalue weighted by Crippen LogP contribution is -2.19. The average molecular weight is 142 g/mol. The molecule has 0 aliphatic heterocycles. The number of primary amides is 1. The summed E-state index contributed by atoms with van der Waals surface area (Å²) in [5.41, 5.74) is 4.47. The van der Waals surface area contributed by atoms with Gasteiger partial charge in [-0.3, -0.25) is 0 Å². The summed E-state index contributed by atoms with van der Waals surface area (Å²) in [6.45, 7) is 1.30. The average Bonchev–Trinajstić information content (AvgIpc) is 1.27. The number of rotatable bonds is 1. The normalized spacial score (nSPS) is 11.2. The standard InChI is InChI=1S/C3H7NO3.ClH/c1-2(5)7-3(4)6;/h2,5H,1H3,(H2,4,6);1H. The van der Waals surface area contributed by atoms with E-state index in [0.29, 0.717) is 0 Å². The number of halogens is 1. The molecule has 0 rings (SSSR count). The second-order valence-electron chi connectivity index (χ2n) is 1.04. The molecule has 4 nitrogen and oxygen atoms in total. The van der Waals surface area contributed by atoms with Crippen molar-refractivity contribution in [2.75, 3.05) is 0 Å². The summed E-state index contributed by atoms with van der Waals surface area (Å²) in [6.07, 6.45) is -2.06. The molecule has 0 bridgehead atoms. The highest BCUT2D eigenvalue weighted by molar-refractivity contribution is 5.85. The topological polar surface area (TPSA) is 72.6 Å². The van der Waals surface area contributed by atoms with Gasteiger partial charge in [0.15, 0.2) is 6.29 Å². The van der Waals surface area contributed by atoms with E-state index in [1.807, 2.05) is 0 Å². The fourth-order valence-electron chi connectivity index (χ4n) is 0.168. The Kier molecular flexibility index (Phi) is 6.13. The highest BCUT2D eigenvalue weighted by Crippen LogP contribution is 1.79. The molecule has 0 fully saturated rings. The van der Waals surface area contributed by atoms with Gasteiger partial charge in [-0.2, -0.15) is 0 Å². The lowest BCUT2D eigenvalue weighted by Gasteiger charge is -2.00. The van der Waals surface area contributed by atoms with Crippen LogP contribution in [-0.4, -0.2) is 17.5 Å². The van der Waals surface area contributed by atoms with Gasteiger partial charge in [0.1, 0.15) is 0 Å². The zero-order valence-electron chi connectivity index (χ0n) is 4.33. The first-order valence-corrected chi connectivity index (χ1v) is 1.77. The predicted octanol–water partition coefficient (Wildman–Crippen LogP) is -0.158. The molecule has 5 heteroatoms. The molecule has 50 valence electrons. The number of carbonyl (C=O) groups is 1. The Labute approximate surface area is 53.0 Å². The molecular formula is C3H8ClNO3. The van der Waals surface area contributed by atoms with Gasteiger partial charge in [0.25, 0.3) is 0 Å². The maximum Gasteiger partial charge on any atom is 0.406 e. The van der Waals surface area contributed by atoms with Crippen LogP contribution in [0.15, 0.2) is 0 Å². The van der Waals surface area contributed by atoms with Crippen molar-refractivity contribution in [2.24, 2.45) is 5.73 Å². The van der Waals surface area contributed by atoms with Gasteiger partial charge < -0.3 is 15.6 Å². The minimum atomic E-state index is -1.10. The molecule has 0 aromatic heterocycles. The van der Waals surface area contributed by atoms with Crippen LogP contribution in [0.1, 0.15) is 6.92 Å². The van der Waals surface area contributed by atoms with Crippen LogP contribution in [0.3, 0.4) is 0 Å². The van der Waals surface area contributed by atoms with Crippen LogP contribution < -0.4 is 5.73 Å². The first-order chi connectivity index (χ1) is 3.13. The van der Waals surface area contributed by atoms with E-state index in [-0.39, 0.29) is 12.4 Å². The summed E-state index contributed by atoms with van der Waals surface area (Å²) in [5, 5.41) is 8.20. The van der Waals surface area contributed by atoms with Gasteiger partial charge in [-0.1, -0.05) is 0 Å². The lowest BCUT2D eigenvalue weighted by molar-refractivity contribution is -0.0334. The fraction of sp³-hybridized carbons (Fsp3) is 0.667. The molecule has 0 aliphatic rings. The predicted molar refractivity (Wildman–Crippen MR) is 29.6 cm³/mol. The Morgan fingerprint density at radius 2 is 2.25 bits per heavy atom. The van der Waals surface area contributed by atoms with Gasteiger partial charge in [0.2, 0.25) is 0 Å². The van der Waals surface area contributed by atoms with Gasteiger partial charge in [0.05, 0.1) is 0 Å². The third kappa shape index (κ3) is 9.10. The van der Waals surface area contributed by atoms with Crippen molar-refractivity contribution in [3.05, 3.63) is 0 Å². The summed E-state index contributed by atoms with van der Waals surface area (Å²) in [4.78, 5) is 9.65. The molecule has 1 atom stereocenters. The first kappa shape index (κ1) is 10.5. The van der Waals surface area contributed by atoms with Crippen molar-refractivity contribution in [1.29, 1.82) is 0 Å². The highest BCUT2D eigenvalue weighted by atomic mass is 35.5. The van der Waals surface area contributed by atoms with E-state index >= 15 is 0 Å². The number of aliphatic hydroxyl groups is 1. The molecule has 1 unspecified atom stereocenters. The van der Waals surface area contributed by atoms with Gasteiger partial charge in [-0.25, -0.2) is 4.79 Å². The van der Waals surface area contributed by atoms with E-state index in [9.17, 15) is 4.79 Å². The van der Waals surface area contributed by atoms with Crippen LogP contribution in [0, 0.1) is 0 Å². The Morgan fingerprint density at radius 3 is 2.25 bits per heavy atom. The summed E-state index contributed by atoms with van der Waals surface area (Å²) >= 11 is 0. The van der Waals surface area contributed by atoms with E-state index in [1.54, 1.807) is 0 Å². The zero-order valence-corrected chi connectivity index (χ0v) is 5.14. The molecule has 0 aromatic rings. The maximum absolute atomic E-state index is 9.65. The molecular weight excluding hydrogens is 133 g/mol. The number of hydrogen-bond donors (Lipinski definition) is 2. The molecule has 0 spiro atoms. The van der Waals surface area contributed by atoms with Gasteiger partial charge in [-0.05, 0) is 6.92 Å². The van der Waals surface area contributed by atoms with Crippen molar-refractivity contribution >= 4 is 18.5 Å². The van der Waals surface area contributed by atoms with Crippen LogP contribution in [0.2, 0.25) is 0 Å². The number of amides is 1. The second kappa shape index (κ2) is 4.67. The summed E-state index contributed by atoms with van der Waals surface area (Å²) in [7, 11) is 0. The SMILES string of the molecule is CC(O)OC(N)=O.Cl. The zero-order chi connectivity index (χ0) is 5.86. The Morgan fingerprint density at radius 1 is 1.88 bits per heavy atom. The molecule has 0 aliphatic carbocycles. The minimum absolute atomic E-state index is 0. The number of carbonyl (C=O) groups excluding carboxylic acids is 1. The summed E-state index contributed by atoms with van der Waals surface area (Å²) in [6, 6.07) is 0. The fourth-order valence-corrected chi connectivity index (χ4v) is 0.168. The van der Waals surface area contributed by atoms with E-state index in [2.05, 4.69) is 10.5 Å².